The van der Waals surface area contributed by atoms with E-state index >= 15 is 0 Å². The lowest BCUT2D eigenvalue weighted by Crippen LogP contribution is -2.01. The van der Waals surface area contributed by atoms with Crippen LogP contribution in [0, 0.1) is 13.8 Å². The van der Waals surface area contributed by atoms with Crippen molar-refractivity contribution in [3.8, 4) is 0 Å². The highest BCUT2D eigenvalue weighted by Crippen LogP contribution is 2.30. The van der Waals surface area contributed by atoms with Crippen LogP contribution in [0.1, 0.15) is 126 Å². The molecular formula is C26H46O. The summed E-state index contributed by atoms with van der Waals surface area (Å²) >= 11 is 0. The molecule has 0 aromatic heterocycles. The quantitative estimate of drug-likeness (QED) is 0.272. The van der Waals surface area contributed by atoms with Crippen molar-refractivity contribution in [2.24, 2.45) is 0 Å². The average Bonchev–Trinajstić information content (AvgIpc) is 2.64. The van der Waals surface area contributed by atoms with Crippen LogP contribution >= 0.6 is 0 Å². The van der Waals surface area contributed by atoms with E-state index in [1.807, 2.05) is 0 Å². The Hall–Kier alpha value is -0.820. The van der Waals surface area contributed by atoms with E-state index in [-0.39, 0.29) is 0 Å². The molecule has 1 rings (SSSR count). The van der Waals surface area contributed by atoms with Crippen LogP contribution < -0.4 is 0 Å². The molecule has 1 nitrogen and oxygen atoms in total. The van der Waals surface area contributed by atoms with Gasteiger partial charge in [0.1, 0.15) is 0 Å². The molecule has 0 saturated heterocycles. The lowest BCUT2D eigenvalue weighted by atomic mass is 9.86. The zero-order valence-corrected chi connectivity index (χ0v) is 18.6. The molecule has 0 saturated carbocycles. The number of aryl methyl sites for hydroxylation is 2. The molecule has 156 valence electrons. The van der Waals surface area contributed by atoms with Crippen LogP contribution in [0.25, 0.3) is 0 Å². The summed E-state index contributed by atoms with van der Waals surface area (Å²) in [5.74, 6) is 0.747. The molecule has 27 heavy (non-hydrogen) atoms. The van der Waals surface area contributed by atoms with Crippen LogP contribution in [0.3, 0.4) is 0 Å². The molecule has 0 heterocycles. The van der Waals surface area contributed by atoms with Gasteiger partial charge in [-0.15, -0.1) is 0 Å². The predicted octanol–water partition coefficient (Wildman–Crippen LogP) is 8.25. The number of aliphatic hydroxyl groups excluding tert-OH is 1. The third-order valence-corrected chi connectivity index (χ3v) is 5.83. The first-order valence-electron chi connectivity index (χ1n) is 11.9. The van der Waals surface area contributed by atoms with Gasteiger partial charge in [0.25, 0.3) is 0 Å². The van der Waals surface area contributed by atoms with E-state index in [1.54, 1.807) is 5.56 Å². The zero-order valence-electron chi connectivity index (χ0n) is 18.6. The van der Waals surface area contributed by atoms with Gasteiger partial charge in [0.05, 0.1) is 0 Å². The Balaban J connectivity index is 2.39. The van der Waals surface area contributed by atoms with Gasteiger partial charge in [0.15, 0.2) is 0 Å². The molecule has 0 aliphatic rings. The number of aliphatic hydroxyl groups is 1. The minimum Gasteiger partial charge on any atom is -0.396 e. The highest BCUT2D eigenvalue weighted by Gasteiger charge is 2.12. The van der Waals surface area contributed by atoms with Crippen molar-refractivity contribution in [1.29, 1.82) is 0 Å². The van der Waals surface area contributed by atoms with E-state index in [0.29, 0.717) is 6.61 Å². The topological polar surface area (TPSA) is 20.2 Å². The van der Waals surface area contributed by atoms with E-state index in [9.17, 15) is 0 Å². The molecule has 0 aliphatic heterocycles. The van der Waals surface area contributed by atoms with E-state index < -0.39 is 0 Å². The maximum absolute atomic E-state index is 8.88. The Bertz CT molecular complexity index is 427. The van der Waals surface area contributed by atoms with Crippen molar-refractivity contribution in [3.63, 3.8) is 0 Å². The molecule has 0 bridgehead atoms. The third-order valence-electron chi connectivity index (χ3n) is 5.83. The van der Waals surface area contributed by atoms with E-state index in [0.717, 1.165) is 12.3 Å². The summed E-state index contributed by atoms with van der Waals surface area (Å²) in [5.41, 5.74) is 4.41. The van der Waals surface area contributed by atoms with E-state index in [4.69, 9.17) is 5.11 Å². The van der Waals surface area contributed by atoms with Crippen LogP contribution in [0.2, 0.25) is 0 Å². The van der Waals surface area contributed by atoms with E-state index in [1.165, 1.54) is 101 Å². The van der Waals surface area contributed by atoms with Crippen molar-refractivity contribution in [2.75, 3.05) is 6.61 Å². The van der Waals surface area contributed by atoms with Gasteiger partial charge in [-0.25, -0.2) is 0 Å². The Morgan fingerprint density at radius 1 is 0.630 bits per heavy atom. The summed E-state index contributed by atoms with van der Waals surface area (Å²) in [6.45, 7) is 7.12. The first kappa shape index (κ1) is 24.2. The molecular weight excluding hydrogens is 328 g/mol. The summed E-state index contributed by atoms with van der Waals surface area (Å²) in [6, 6.07) is 7.16. The smallest absolute Gasteiger partial charge is 0.0431 e. The summed E-state index contributed by atoms with van der Waals surface area (Å²) in [4.78, 5) is 0. The Morgan fingerprint density at radius 2 is 1.07 bits per heavy atom. The Morgan fingerprint density at radius 3 is 1.56 bits per heavy atom. The SMILES string of the molecule is CCCCCCCCCC(CCCCCCCCO)c1cc(C)cc(C)c1. The second-order valence-electron chi connectivity index (χ2n) is 8.66. The number of benzene rings is 1. The van der Waals surface area contributed by atoms with Crippen molar-refractivity contribution >= 4 is 0 Å². The summed E-state index contributed by atoms with van der Waals surface area (Å²) in [6.07, 6.45) is 20.0. The van der Waals surface area contributed by atoms with Crippen molar-refractivity contribution in [3.05, 3.63) is 34.9 Å². The zero-order chi connectivity index (χ0) is 19.7. The maximum Gasteiger partial charge on any atom is 0.0431 e. The van der Waals surface area contributed by atoms with Crippen LogP contribution in [0.4, 0.5) is 0 Å². The molecule has 1 aromatic rings. The third kappa shape index (κ3) is 12.3. The molecule has 0 amide bonds. The summed E-state index contributed by atoms with van der Waals surface area (Å²) in [7, 11) is 0. The van der Waals surface area contributed by atoms with Crippen LogP contribution in [0.15, 0.2) is 18.2 Å². The van der Waals surface area contributed by atoms with Gasteiger partial charge < -0.3 is 5.11 Å². The molecule has 1 unspecified atom stereocenters. The number of unbranched alkanes of at least 4 members (excludes halogenated alkanes) is 11. The lowest BCUT2D eigenvalue weighted by molar-refractivity contribution is 0.282. The van der Waals surface area contributed by atoms with Gasteiger partial charge >= 0.3 is 0 Å². The number of rotatable bonds is 17. The lowest BCUT2D eigenvalue weighted by Gasteiger charge is -2.19. The number of hydrogen-bond acceptors (Lipinski definition) is 1. The predicted molar refractivity (Wildman–Crippen MR) is 121 cm³/mol. The standard InChI is InChI=1S/C26H46O/c1-4-5-6-7-8-11-14-17-25(18-15-12-9-10-13-16-19-27)26-21-23(2)20-24(3)22-26/h20-22,25,27H,4-19H2,1-3H3. The van der Waals surface area contributed by atoms with Gasteiger partial charge in [0.2, 0.25) is 0 Å². The molecule has 1 heteroatoms. The minimum atomic E-state index is 0.354. The Labute approximate surface area is 170 Å². The van der Waals surface area contributed by atoms with Crippen LogP contribution in [-0.2, 0) is 0 Å². The monoisotopic (exact) mass is 374 g/mol. The molecule has 0 radical (unpaired) electrons. The normalized spacial score (nSPS) is 12.4. The molecule has 0 aliphatic carbocycles. The van der Waals surface area contributed by atoms with Crippen LogP contribution in [-0.4, -0.2) is 11.7 Å². The average molecular weight is 375 g/mol. The van der Waals surface area contributed by atoms with Gasteiger partial charge in [0, 0.05) is 6.61 Å². The Kier molecular flexibility index (Phi) is 14.5. The van der Waals surface area contributed by atoms with Crippen LogP contribution in [0.5, 0.6) is 0 Å². The molecule has 1 N–H and O–H groups in total. The largest absolute Gasteiger partial charge is 0.396 e. The first-order valence-corrected chi connectivity index (χ1v) is 11.9. The summed E-state index contributed by atoms with van der Waals surface area (Å²) < 4.78 is 0. The second-order valence-corrected chi connectivity index (χ2v) is 8.66. The second kappa shape index (κ2) is 16.2. The van der Waals surface area contributed by atoms with E-state index in [2.05, 4.69) is 39.0 Å². The summed E-state index contributed by atoms with van der Waals surface area (Å²) in [5, 5.41) is 8.88. The molecule has 1 atom stereocenters. The molecule has 0 spiro atoms. The fraction of sp³-hybridized carbons (Fsp3) is 0.769. The van der Waals surface area contributed by atoms with Crippen molar-refractivity contribution in [2.45, 2.75) is 123 Å². The minimum absolute atomic E-state index is 0.354. The highest BCUT2D eigenvalue weighted by atomic mass is 16.2. The fourth-order valence-electron chi connectivity index (χ4n) is 4.28. The van der Waals surface area contributed by atoms with Gasteiger partial charge in [-0.2, -0.15) is 0 Å². The number of hydrogen-bond donors (Lipinski definition) is 1. The highest BCUT2D eigenvalue weighted by molar-refractivity contribution is 5.31. The van der Waals surface area contributed by atoms with Gasteiger partial charge in [-0.1, -0.05) is 113 Å². The van der Waals surface area contributed by atoms with Gasteiger partial charge in [-0.05, 0) is 44.6 Å². The molecule has 0 fully saturated rings. The van der Waals surface area contributed by atoms with Gasteiger partial charge in [-0.3, -0.25) is 0 Å². The first-order chi connectivity index (χ1) is 13.2. The van der Waals surface area contributed by atoms with Crippen molar-refractivity contribution < 1.29 is 5.11 Å². The fourth-order valence-corrected chi connectivity index (χ4v) is 4.28. The van der Waals surface area contributed by atoms with Crippen molar-refractivity contribution in [1.82, 2.24) is 0 Å². The molecule has 1 aromatic carbocycles. The maximum atomic E-state index is 8.88.